The Bertz CT molecular complexity index is 211. The number of hydrogen-bond acceptors (Lipinski definition) is 1. The molecule has 0 aliphatic heterocycles. The van der Waals surface area contributed by atoms with Gasteiger partial charge in [-0.1, -0.05) is 6.42 Å². The van der Waals surface area contributed by atoms with Crippen LogP contribution in [0.25, 0.3) is 0 Å². The van der Waals surface area contributed by atoms with E-state index in [1.807, 2.05) is 4.90 Å². The van der Waals surface area contributed by atoms with E-state index < -0.39 is 0 Å². The van der Waals surface area contributed by atoms with Crippen molar-refractivity contribution in [2.45, 2.75) is 44.6 Å². The van der Waals surface area contributed by atoms with Crippen LogP contribution in [0.15, 0.2) is 0 Å². The Morgan fingerprint density at radius 3 is 2.43 bits per heavy atom. The van der Waals surface area contributed by atoms with Crippen molar-refractivity contribution in [2.24, 2.45) is 5.92 Å². The predicted molar refractivity (Wildman–Crippen MR) is 57.4 cm³/mol. The van der Waals surface area contributed by atoms with Crippen molar-refractivity contribution in [1.29, 1.82) is 0 Å². The van der Waals surface area contributed by atoms with Crippen molar-refractivity contribution in [3.05, 3.63) is 0 Å². The molecule has 0 N–H and O–H groups in total. The minimum absolute atomic E-state index is 0.345. The zero-order chi connectivity index (χ0) is 9.97. The van der Waals surface area contributed by atoms with Crippen LogP contribution in [-0.4, -0.2) is 29.3 Å². The number of carbonyl (C=O) groups is 1. The third kappa shape index (κ3) is 2.41. The Hall–Kier alpha value is -0.240. The van der Waals surface area contributed by atoms with Crippen LogP contribution in [-0.2, 0) is 4.79 Å². The highest BCUT2D eigenvalue weighted by Gasteiger charge is 2.33. The number of carbonyl (C=O) groups excluding carboxylic acids is 1. The van der Waals surface area contributed by atoms with Gasteiger partial charge in [0.25, 0.3) is 0 Å². The van der Waals surface area contributed by atoms with Crippen molar-refractivity contribution < 1.29 is 4.79 Å². The topological polar surface area (TPSA) is 20.3 Å². The maximum absolute atomic E-state index is 11.9. The highest BCUT2D eigenvalue weighted by molar-refractivity contribution is 6.18. The lowest BCUT2D eigenvalue weighted by Gasteiger charge is -2.28. The standard InChI is InChI=1S/C11H18ClNO/c12-6-7-13(10-4-5-10)11(14)8-9-2-1-3-9/h9-10H,1-8H2. The highest BCUT2D eigenvalue weighted by Crippen LogP contribution is 2.32. The summed E-state index contributed by atoms with van der Waals surface area (Å²) in [4.78, 5) is 13.9. The monoisotopic (exact) mass is 215 g/mol. The van der Waals surface area contributed by atoms with Crippen LogP contribution < -0.4 is 0 Å². The van der Waals surface area contributed by atoms with Crippen LogP contribution in [0.1, 0.15) is 38.5 Å². The molecule has 2 rings (SSSR count). The average Bonchev–Trinajstić information content (AvgIpc) is 2.90. The summed E-state index contributed by atoms with van der Waals surface area (Å²) in [6.07, 6.45) is 6.97. The number of alkyl halides is 1. The molecule has 0 unspecified atom stereocenters. The van der Waals surface area contributed by atoms with Crippen molar-refractivity contribution in [3.63, 3.8) is 0 Å². The fourth-order valence-electron chi connectivity index (χ4n) is 2.05. The molecule has 0 aromatic rings. The van der Waals surface area contributed by atoms with Crippen LogP contribution in [0.5, 0.6) is 0 Å². The maximum Gasteiger partial charge on any atom is 0.223 e. The molecule has 0 aromatic heterocycles. The van der Waals surface area contributed by atoms with E-state index in [0.29, 0.717) is 23.7 Å². The van der Waals surface area contributed by atoms with Crippen LogP contribution >= 0.6 is 11.6 Å². The SMILES string of the molecule is O=C(CC1CCC1)N(CCCl)C1CC1. The summed E-state index contributed by atoms with van der Waals surface area (Å²) in [6.45, 7) is 0.748. The zero-order valence-electron chi connectivity index (χ0n) is 8.54. The molecule has 2 nitrogen and oxygen atoms in total. The number of nitrogens with zero attached hydrogens (tertiary/aromatic N) is 1. The van der Waals surface area contributed by atoms with Gasteiger partial charge in [-0.15, -0.1) is 11.6 Å². The first-order valence-corrected chi connectivity index (χ1v) is 6.20. The van der Waals surface area contributed by atoms with E-state index in [4.69, 9.17) is 11.6 Å². The van der Waals surface area contributed by atoms with E-state index in [2.05, 4.69) is 0 Å². The van der Waals surface area contributed by atoms with Crippen LogP contribution in [0.2, 0.25) is 0 Å². The molecule has 2 fully saturated rings. The summed E-state index contributed by atoms with van der Waals surface area (Å²) in [5.41, 5.74) is 0. The zero-order valence-corrected chi connectivity index (χ0v) is 9.30. The summed E-state index contributed by atoms with van der Waals surface area (Å²) in [5, 5.41) is 0. The number of hydrogen-bond donors (Lipinski definition) is 0. The average molecular weight is 216 g/mol. The van der Waals surface area contributed by atoms with Gasteiger partial charge >= 0.3 is 0 Å². The number of halogens is 1. The summed E-state index contributed by atoms with van der Waals surface area (Å²) in [7, 11) is 0. The maximum atomic E-state index is 11.9. The third-order valence-corrected chi connectivity index (χ3v) is 3.49. The van der Waals surface area contributed by atoms with Gasteiger partial charge in [-0.3, -0.25) is 4.79 Å². The van der Waals surface area contributed by atoms with Gasteiger partial charge < -0.3 is 4.90 Å². The lowest BCUT2D eigenvalue weighted by Crippen LogP contribution is -2.36. The third-order valence-electron chi connectivity index (χ3n) is 3.32. The van der Waals surface area contributed by atoms with E-state index in [-0.39, 0.29) is 0 Å². The summed E-state index contributed by atoms with van der Waals surface area (Å²) in [5.74, 6) is 1.60. The molecule has 0 saturated heterocycles. The lowest BCUT2D eigenvalue weighted by atomic mass is 9.82. The quantitative estimate of drug-likeness (QED) is 0.645. The number of rotatable bonds is 5. The molecule has 0 bridgehead atoms. The second-order valence-electron chi connectivity index (χ2n) is 4.51. The van der Waals surface area contributed by atoms with Gasteiger partial charge in [-0.25, -0.2) is 0 Å². The molecule has 80 valence electrons. The summed E-state index contributed by atoms with van der Waals surface area (Å²) < 4.78 is 0. The Kier molecular flexibility index (Phi) is 3.32. The first kappa shape index (κ1) is 10.3. The van der Waals surface area contributed by atoms with Crippen molar-refractivity contribution >= 4 is 17.5 Å². The first-order valence-electron chi connectivity index (χ1n) is 5.66. The van der Waals surface area contributed by atoms with Gasteiger partial charge in [0, 0.05) is 24.9 Å². The Balaban J connectivity index is 1.79. The number of amides is 1. The lowest BCUT2D eigenvalue weighted by molar-refractivity contribution is -0.133. The Morgan fingerprint density at radius 2 is 2.00 bits per heavy atom. The van der Waals surface area contributed by atoms with Gasteiger partial charge in [0.2, 0.25) is 5.91 Å². The minimum atomic E-state index is 0.345. The molecular formula is C11H18ClNO. The molecule has 0 heterocycles. The molecule has 0 aromatic carbocycles. The second-order valence-corrected chi connectivity index (χ2v) is 4.89. The van der Waals surface area contributed by atoms with Gasteiger partial charge in [0.15, 0.2) is 0 Å². The molecule has 2 saturated carbocycles. The molecule has 14 heavy (non-hydrogen) atoms. The molecule has 2 aliphatic rings. The summed E-state index contributed by atoms with van der Waals surface area (Å²) >= 11 is 5.70. The Labute approximate surface area is 90.6 Å². The fourth-order valence-corrected chi connectivity index (χ4v) is 2.23. The van der Waals surface area contributed by atoms with Crippen LogP contribution in [0.4, 0.5) is 0 Å². The van der Waals surface area contributed by atoms with E-state index in [1.165, 1.54) is 32.1 Å². The molecule has 3 heteroatoms. The van der Waals surface area contributed by atoms with Crippen LogP contribution in [0.3, 0.4) is 0 Å². The van der Waals surface area contributed by atoms with E-state index in [0.717, 1.165) is 13.0 Å². The molecule has 0 radical (unpaired) electrons. The molecular weight excluding hydrogens is 198 g/mol. The van der Waals surface area contributed by atoms with Crippen molar-refractivity contribution in [2.75, 3.05) is 12.4 Å². The van der Waals surface area contributed by atoms with Crippen molar-refractivity contribution in [1.82, 2.24) is 4.90 Å². The minimum Gasteiger partial charge on any atom is -0.339 e. The van der Waals surface area contributed by atoms with Gasteiger partial charge in [-0.05, 0) is 31.6 Å². The second kappa shape index (κ2) is 4.52. The van der Waals surface area contributed by atoms with Crippen LogP contribution in [0, 0.1) is 5.92 Å². The fraction of sp³-hybridized carbons (Fsp3) is 0.909. The largest absolute Gasteiger partial charge is 0.339 e. The summed E-state index contributed by atoms with van der Waals surface area (Å²) in [6, 6.07) is 0.529. The van der Waals surface area contributed by atoms with Crippen molar-refractivity contribution in [3.8, 4) is 0 Å². The predicted octanol–water partition coefficient (Wildman–Crippen LogP) is 2.41. The molecule has 0 spiro atoms. The van der Waals surface area contributed by atoms with E-state index in [9.17, 15) is 4.79 Å². The van der Waals surface area contributed by atoms with Gasteiger partial charge in [-0.2, -0.15) is 0 Å². The first-order chi connectivity index (χ1) is 6.81. The normalized spacial score (nSPS) is 21.8. The van der Waals surface area contributed by atoms with Gasteiger partial charge in [0.05, 0.1) is 0 Å². The highest BCUT2D eigenvalue weighted by atomic mass is 35.5. The Morgan fingerprint density at radius 1 is 1.29 bits per heavy atom. The van der Waals surface area contributed by atoms with E-state index in [1.54, 1.807) is 0 Å². The molecule has 1 amide bonds. The molecule has 2 aliphatic carbocycles. The molecule has 0 atom stereocenters. The smallest absolute Gasteiger partial charge is 0.223 e. The van der Waals surface area contributed by atoms with Gasteiger partial charge in [0.1, 0.15) is 0 Å². The van der Waals surface area contributed by atoms with E-state index >= 15 is 0 Å².